The normalized spacial score (nSPS) is 14.7. The summed E-state index contributed by atoms with van der Waals surface area (Å²) >= 11 is 0. The Morgan fingerprint density at radius 1 is 1.11 bits per heavy atom. The number of amides is 2. The molecule has 0 saturated carbocycles. The second-order valence-corrected chi connectivity index (χ2v) is 9.89. The molecule has 5 rings (SSSR count). The summed E-state index contributed by atoms with van der Waals surface area (Å²) in [6.45, 7) is 9.99. The van der Waals surface area contributed by atoms with Crippen LogP contribution in [0.5, 0.6) is 5.75 Å². The number of rotatable bonds is 7. The number of hydrogen-bond donors (Lipinski definition) is 1. The van der Waals surface area contributed by atoms with Crippen molar-refractivity contribution in [1.82, 2.24) is 24.6 Å². The summed E-state index contributed by atoms with van der Waals surface area (Å²) < 4.78 is 10.00. The molecule has 0 spiro atoms. The Bertz CT molecular complexity index is 1370. The average Bonchev–Trinajstić information content (AvgIpc) is 3.45. The lowest BCUT2D eigenvalue weighted by atomic mass is 10.0. The number of para-hydroxylation sites is 1. The van der Waals surface area contributed by atoms with Gasteiger partial charge in [0, 0.05) is 18.3 Å². The van der Waals surface area contributed by atoms with E-state index in [1.807, 2.05) is 65.9 Å². The van der Waals surface area contributed by atoms with E-state index in [0.29, 0.717) is 25.6 Å². The number of aryl methyl sites for hydroxylation is 1. The van der Waals surface area contributed by atoms with Crippen molar-refractivity contribution in [3.63, 3.8) is 0 Å². The lowest BCUT2D eigenvalue weighted by molar-refractivity contribution is 0.180. The summed E-state index contributed by atoms with van der Waals surface area (Å²) in [5.74, 6) is 2.28. The number of fused-ring (bicyclic) bond motifs is 3. The highest BCUT2D eigenvalue weighted by molar-refractivity contribution is 5.76. The molecule has 0 saturated heterocycles. The molecular formula is C30H35N5O2. The minimum Gasteiger partial charge on any atom is -0.494 e. The van der Waals surface area contributed by atoms with Gasteiger partial charge in [-0.15, -0.1) is 0 Å². The van der Waals surface area contributed by atoms with Gasteiger partial charge in [0.2, 0.25) is 0 Å². The zero-order valence-corrected chi connectivity index (χ0v) is 22.0. The van der Waals surface area contributed by atoms with Gasteiger partial charge in [0.15, 0.2) is 0 Å². The molecule has 4 aromatic rings. The summed E-state index contributed by atoms with van der Waals surface area (Å²) in [6.07, 6.45) is 2.99. The highest BCUT2D eigenvalue weighted by atomic mass is 16.5. The Hall–Kier alpha value is -4.00. The minimum absolute atomic E-state index is 0.0834. The molecule has 0 bridgehead atoms. The van der Waals surface area contributed by atoms with E-state index in [0.717, 1.165) is 46.2 Å². The molecule has 1 aliphatic heterocycles. The van der Waals surface area contributed by atoms with Crippen LogP contribution in [0.25, 0.3) is 11.5 Å². The number of nitrogens with one attached hydrogen (secondary N) is 1. The molecule has 0 fully saturated rings. The highest BCUT2D eigenvalue weighted by Crippen LogP contribution is 2.39. The molecule has 192 valence electrons. The summed E-state index contributed by atoms with van der Waals surface area (Å²) in [6, 6.07) is 22.0. The number of hydrogen-bond acceptors (Lipinski definition) is 3. The van der Waals surface area contributed by atoms with Gasteiger partial charge in [-0.1, -0.05) is 44.2 Å². The molecular weight excluding hydrogens is 462 g/mol. The van der Waals surface area contributed by atoms with E-state index >= 15 is 0 Å². The highest BCUT2D eigenvalue weighted by Gasteiger charge is 2.36. The second-order valence-electron chi connectivity index (χ2n) is 9.89. The number of carbonyl (C=O) groups excluding carboxylic acids is 1. The van der Waals surface area contributed by atoms with E-state index in [-0.39, 0.29) is 12.1 Å². The van der Waals surface area contributed by atoms with Crippen LogP contribution in [0.3, 0.4) is 0 Å². The molecule has 37 heavy (non-hydrogen) atoms. The second kappa shape index (κ2) is 10.5. The van der Waals surface area contributed by atoms with Gasteiger partial charge in [-0.3, -0.25) is 0 Å². The van der Waals surface area contributed by atoms with Gasteiger partial charge in [-0.25, -0.2) is 9.48 Å². The Balaban J connectivity index is 1.66. The fraction of sp³-hybridized carbons (Fsp3) is 0.333. The van der Waals surface area contributed by atoms with Crippen LogP contribution in [0.4, 0.5) is 4.79 Å². The lowest BCUT2D eigenvalue weighted by Crippen LogP contribution is -2.42. The number of benzene rings is 2. The number of urea groups is 1. The number of carbonyl (C=O) groups is 1. The molecule has 2 aromatic carbocycles. The Kier molecular flexibility index (Phi) is 7.04. The van der Waals surface area contributed by atoms with Crippen molar-refractivity contribution >= 4 is 6.03 Å². The average molecular weight is 498 g/mol. The Morgan fingerprint density at radius 3 is 2.68 bits per heavy atom. The monoisotopic (exact) mass is 497 g/mol. The molecule has 0 unspecified atom stereocenters. The standard InChI is InChI=1S/C30H35N5O2/c1-5-37-25-14-9-11-23(19-25)28-27-15-10-18-33(27)29-26(20-34(28)30(36)31-17-16-21(2)3)22(4)32-35(29)24-12-7-6-8-13-24/h6-15,18-19,21,28H,5,16-17,20H2,1-4H3,(H,31,36)/t28-/m0/s1. The van der Waals surface area contributed by atoms with Crippen LogP contribution < -0.4 is 10.1 Å². The van der Waals surface area contributed by atoms with Crippen molar-refractivity contribution in [1.29, 1.82) is 0 Å². The van der Waals surface area contributed by atoms with E-state index in [2.05, 4.69) is 54.2 Å². The molecule has 7 heteroatoms. The largest absolute Gasteiger partial charge is 0.494 e. The van der Waals surface area contributed by atoms with Crippen LogP contribution in [0, 0.1) is 12.8 Å². The first-order valence-electron chi connectivity index (χ1n) is 13.1. The third-order valence-electron chi connectivity index (χ3n) is 6.83. The molecule has 1 atom stereocenters. The smallest absolute Gasteiger partial charge is 0.318 e. The first kappa shape index (κ1) is 24.7. The quantitative estimate of drug-likeness (QED) is 0.339. The van der Waals surface area contributed by atoms with Crippen molar-refractivity contribution < 1.29 is 9.53 Å². The van der Waals surface area contributed by atoms with Crippen LogP contribution in [0.15, 0.2) is 72.9 Å². The summed E-state index contributed by atoms with van der Waals surface area (Å²) in [5.41, 5.74) is 4.93. The maximum absolute atomic E-state index is 13.8. The van der Waals surface area contributed by atoms with Crippen molar-refractivity contribution in [3.05, 3.63) is 95.4 Å². The van der Waals surface area contributed by atoms with Gasteiger partial charge in [0.1, 0.15) is 11.6 Å². The van der Waals surface area contributed by atoms with Crippen LogP contribution in [0.1, 0.15) is 55.7 Å². The minimum atomic E-state index is -0.300. The van der Waals surface area contributed by atoms with E-state index in [4.69, 9.17) is 9.84 Å². The molecule has 0 radical (unpaired) electrons. The Morgan fingerprint density at radius 2 is 1.92 bits per heavy atom. The van der Waals surface area contributed by atoms with Crippen molar-refractivity contribution in [2.45, 2.75) is 46.7 Å². The molecule has 3 heterocycles. The summed E-state index contributed by atoms with van der Waals surface area (Å²) in [5, 5.41) is 8.10. The Labute approximate surface area is 218 Å². The van der Waals surface area contributed by atoms with Gasteiger partial charge in [-0.05, 0) is 68.1 Å². The maximum atomic E-state index is 13.8. The fourth-order valence-corrected chi connectivity index (χ4v) is 5.01. The molecule has 7 nitrogen and oxygen atoms in total. The summed E-state index contributed by atoms with van der Waals surface area (Å²) in [4.78, 5) is 15.7. The van der Waals surface area contributed by atoms with Crippen molar-refractivity contribution in [3.8, 4) is 17.3 Å². The molecule has 0 aliphatic carbocycles. The zero-order valence-electron chi connectivity index (χ0n) is 22.0. The zero-order chi connectivity index (χ0) is 25.9. The number of ether oxygens (including phenoxy) is 1. The van der Waals surface area contributed by atoms with Crippen LogP contribution in [0.2, 0.25) is 0 Å². The van der Waals surface area contributed by atoms with E-state index in [1.165, 1.54) is 0 Å². The van der Waals surface area contributed by atoms with Crippen molar-refractivity contribution in [2.24, 2.45) is 5.92 Å². The topological polar surface area (TPSA) is 64.3 Å². The van der Waals surface area contributed by atoms with Crippen LogP contribution in [-0.4, -0.2) is 38.4 Å². The molecule has 2 amide bonds. The number of nitrogens with zero attached hydrogens (tertiary/aromatic N) is 4. The van der Waals surface area contributed by atoms with E-state index < -0.39 is 0 Å². The van der Waals surface area contributed by atoms with Crippen molar-refractivity contribution in [2.75, 3.05) is 13.2 Å². The lowest BCUT2D eigenvalue weighted by Gasteiger charge is -2.31. The number of aromatic nitrogens is 3. The van der Waals surface area contributed by atoms with Gasteiger partial charge >= 0.3 is 6.03 Å². The van der Waals surface area contributed by atoms with E-state index in [1.54, 1.807) is 0 Å². The van der Waals surface area contributed by atoms with E-state index in [9.17, 15) is 4.79 Å². The van der Waals surface area contributed by atoms with Crippen LogP contribution >= 0.6 is 0 Å². The fourth-order valence-electron chi connectivity index (χ4n) is 5.01. The molecule has 2 aromatic heterocycles. The van der Waals surface area contributed by atoms with Crippen LogP contribution in [-0.2, 0) is 6.54 Å². The maximum Gasteiger partial charge on any atom is 0.318 e. The predicted molar refractivity (Wildman–Crippen MR) is 145 cm³/mol. The van der Waals surface area contributed by atoms with Gasteiger partial charge < -0.3 is 19.5 Å². The third kappa shape index (κ3) is 4.86. The van der Waals surface area contributed by atoms with Gasteiger partial charge in [-0.2, -0.15) is 5.10 Å². The SMILES string of the molecule is CCOc1cccc([C@H]2c3cccn3-c3c(c(C)nn3-c3ccccc3)CN2C(=O)NCCC(C)C)c1. The molecule has 1 aliphatic rings. The predicted octanol–water partition coefficient (Wildman–Crippen LogP) is 6.03. The third-order valence-corrected chi connectivity index (χ3v) is 6.83. The summed E-state index contributed by atoms with van der Waals surface area (Å²) in [7, 11) is 0. The van der Waals surface area contributed by atoms with Gasteiger partial charge in [0.05, 0.1) is 36.3 Å². The molecule has 1 N–H and O–H groups in total. The van der Waals surface area contributed by atoms with Gasteiger partial charge in [0.25, 0.3) is 0 Å². The first-order valence-corrected chi connectivity index (χ1v) is 13.1. The first-order chi connectivity index (χ1) is 18.0.